The van der Waals surface area contributed by atoms with E-state index in [0.717, 1.165) is 15.9 Å². The first-order chi connectivity index (χ1) is 7.84. The minimum Gasteiger partial charge on any atom is -0.255 e. The fourth-order valence-electron chi connectivity index (χ4n) is 1.09. The summed E-state index contributed by atoms with van der Waals surface area (Å²) in [6.45, 7) is 7.72. The number of rotatable bonds is 3. The van der Waals surface area contributed by atoms with E-state index >= 15 is 0 Å². The molecule has 5 heteroatoms. The number of aromatic nitrogens is 1. The van der Waals surface area contributed by atoms with Crippen molar-refractivity contribution >= 4 is 32.6 Å². The molecule has 0 aromatic carbocycles. The summed E-state index contributed by atoms with van der Waals surface area (Å²) in [4.78, 5) is 4.25. The summed E-state index contributed by atoms with van der Waals surface area (Å²) in [6.07, 6.45) is 2.43. The van der Waals surface area contributed by atoms with Crippen molar-refractivity contribution in [2.75, 3.05) is 0 Å². The third-order valence-electron chi connectivity index (χ3n) is 2.07. The summed E-state index contributed by atoms with van der Waals surface area (Å²) in [5, 5.41) is 0. The van der Waals surface area contributed by atoms with Crippen molar-refractivity contribution in [2.24, 2.45) is 4.40 Å². The van der Waals surface area contributed by atoms with Crippen LogP contribution in [0, 0.1) is 0 Å². The van der Waals surface area contributed by atoms with Crippen molar-refractivity contribution in [1.29, 1.82) is 0 Å². The zero-order chi connectivity index (χ0) is 13.1. The van der Waals surface area contributed by atoms with Gasteiger partial charge in [-0.2, -0.15) is 4.40 Å². The highest BCUT2D eigenvalue weighted by Crippen LogP contribution is 2.16. The lowest BCUT2D eigenvalue weighted by atomic mass is 10.2. The third-order valence-corrected chi connectivity index (χ3v) is 4.00. The Morgan fingerprint density at radius 2 is 2.18 bits per heavy atom. The van der Waals surface area contributed by atoms with E-state index in [1.54, 1.807) is 6.20 Å². The number of pyridine rings is 1. The smallest absolute Gasteiger partial charge is 0.145 e. The van der Waals surface area contributed by atoms with Gasteiger partial charge in [0.25, 0.3) is 0 Å². The average molecular weight is 317 g/mol. The minimum atomic E-state index is -1.24. The van der Waals surface area contributed by atoms with Crippen molar-refractivity contribution in [3.63, 3.8) is 0 Å². The standard InChI is InChI=1S/C12H17BrN2OS/c1-5-10(15-17(16)12(2,3)4)11-8-9(13)6-7-14-11/h6-8H,5H2,1-4H3. The van der Waals surface area contributed by atoms with Crippen LogP contribution in [0.15, 0.2) is 27.2 Å². The molecule has 0 bridgehead atoms. The van der Waals surface area contributed by atoms with Gasteiger partial charge in [0.05, 0.1) is 16.2 Å². The van der Waals surface area contributed by atoms with Gasteiger partial charge in [-0.05, 0) is 39.3 Å². The number of hydrogen-bond donors (Lipinski definition) is 0. The summed E-state index contributed by atoms with van der Waals surface area (Å²) >= 11 is 3.39. The molecule has 0 saturated heterocycles. The van der Waals surface area contributed by atoms with Gasteiger partial charge in [0.15, 0.2) is 0 Å². The van der Waals surface area contributed by atoms with Gasteiger partial charge in [-0.25, -0.2) is 4.21 Å². The van der Waals surface area contributed by atoms with Crippen molar-refractivity contribution in [1.82, 2.24) is 4.98 Å². The molecule has 3 nitrogen and oxygen atoms in total. The molecule has 0 saturated carbocycles. The molecule has 94 valence electrons. The molecule has 1 atom stereocenters. The van der Waals surface area contributed by atoms with Crippen LogP contribution in [0.2, 0.25) is 0 Å². The maximum absolute atomic E-state index is 12.0. The van der Waals surface area contributed by atoms with Crippen molar-refractivity contribution in [3.8, 4) is 0 Å². The lowest BCUT2D eigenvalue weighted by molar-refractivity contribution is 0.650. The molecule has 0 N–H and O–H groups in total. The van der Waals surface area contributed by atoms with Crippen LogP contribution in [-0.2, 0) is 11.0 Å². The Morgan fingerprint density at radius 3 is 2.65 bits per heavy atom. The van der Waals surface area contributed by atoms with Gasteiger partial charge in [-0.1, -0.05) is 22.9 Å². The van der Waals surface area contributed by atoms with Crippen LogP contribution in [0.5, 0.6) is 0 Å². The average Bonchev–Trinajstić information content (AvgIpc) is 2.24. The zero-order valence-electron chi connectivity index (χ0n) is 10.5. The highest BCUT2D eigenvalue weighted by atomic mass is 79.9. The van der Waals surface area contributed by atoms with E-state index in [1.807, 2.05) is 39.8 Å². The van der Waals surface area contributed by atoms with E-state index in [1.165, 1.54) is 0 Å². The van der Waals surface area contributed by atoms with Crippen molar-refractivity contribution < 1.29 is 4.21 Å². The second kappa shape index (κ2) is 5.87. The second-order valence-corrected chi connectivity index (χ2v) is 7.43. The Hall–Kier alpha value is -0.550. The quantitative estimate of drug-likeness (QED) is 0.801. The maximum atomic E-state index is 12.0. The molecule has 17 heavy (non-hydrogen) atoms. The third kappa shape index (κ3) is 4.32. The topological polar surface area (TPSA) is 42.3 Å². The van der Waals surface area contributed by atoms with E-state index in [4.69, 9.17) is 0 Å². The Balaban J connectivity index is 3.08. The van der Waals surface area contributed by atoms with Gasteiger partial charge < -0.3 is 0 Å². The van der Waals surface area contributed by atoms with Crippen LogP contribution in [0.4, 0.5) is 0 Å². The molecular formula is C12H17BrN2OS. The molecule has 1 unspecified atom stereocenters. The van der Waals surface area contributed by atoms with Gasteiger partial charge in [0, 0.05) is 10.7 Å². The molecule has 0 aliphatic carbocycles. The van der Waals surface area contributed by atoms with Crippen LogP contribution in [-0.4, -0.2) is 19.7 Å². The maximum Gasteiger partial charge on any atom is 0.145 e. The molecule has 0 radical (unpaired) electrons. The first-order valence-electron chi connectivity index (χ1n) is 5.46. The Morgan fingerprint density at radius 1 is 1.53 bits per heavy atom. The molecule has 0 fully saturated rings. The second-order valence-electron chi connectivity index (χ2n) is 4.61. The van der Waals surface area contributed by atoms with Crippen LogP contribution >= 0.6 is 15.9 Å². The number of hydrogen-bond acceptors (Lipinski definition) is 2. The van der Waals surface area contributed by atoms with Gasteiger partial charge in [0.2, 0.25) is 0 Å². The lowest BCUT2D eigenvalue weighted by Crippen LogP contribution is -2.21. The van der Waals surface area contributed by atoms with Gasteiger partial charge in [-0.15, -0.1) is 0 Å². The number of halogens is 1. The van der Waals surface area contributed by atoms with E-state index in [9.17, 15) is 4.21 Å². The summed E-state index contributed by atoms with van der Waals surface area (Å²) in [5.41, 5.74) is 1.55. The van der Waals surface area contributed by atoms with E-state index in [2.05, 4.69) is 25.3 Å². The highest BCUT2D eigenvalue weighted by molar-refractivity contribution is 9.10. The SMILES string of the molecule is CCC(=NS(=O)C(C)(C)C)c1cc(Br)ccn1. The van der Waals surface area contributed by atoms with Crippen LogP contribution in [0.25, 0.3) is 0 Å². The molecule has 1 aromatic heterocycles. The first kappa shape index (κ1) is 14.5. The minimum absolute atomic E-state index is 0.341. The Kier molecular flexibility index (Phi) is 5.01. The Labute approximate surface area is 113 Å². The molecule has 0 aliphatic rings. The van der Waals surface area contributed by atoms with E-state index < -0.39 is 11.0 Å². The fraction of sp³-hybridized carbons (Fsp3) is 0.500. The van der Waals surface area contributed by atoms with Crippen molar-refractivity contribution in [2.45, 2.75) is 38.9 Å². The molecule has 1 heterocycles. The monoisotopic (exact) mass is 316 g/mol. The first-order valence-corrected chi connectivity index (χ1v) is 7.36. The molecule has 1 rings (SSSR count). The summed E-state index contributed by atoms with van der Waals surface area (Å²) in [7, 11) is -1.24. The molecule has 0 spiro atoms. The highest BCUT2D eigenvalue weighted by Gasteiger charge is 2.20. The molecule has 1 aromatic rings. The summed E-state index contributed by atoms with van der Waals surface area (Å²) in [5.74, 6) is 0. The van der Waals surface area contributed by atoms with Gasteiger partial charge >= 0.3 is 0 Å². The van der Waals surface area contributed by atoms with E-state index in [-0.39, 0.29) is 4.75 Å². The molecule has 0 aliphatic heterocycles. The lowest BCUT2D eigenvalue weighted by Gasteiger charge is -2.14. The van der Waals surface area contributed by atoms with E-state index in [0.29, 0.717) is 6.42 Å². The molecular weight excluding hydrogens is 300 g/mol. The Bertz CT molecular complexity index is 452. The van der Waals surface area contributed by atoms with Gasteiger partial charge in [0.1, 0.15) is 11.0 Å². The van der Waals surface area contributed by atoms with Gasteiger partial charge in [-0.3, -0.25) is 4.98 Å². The predicted molar refractivity (Wildman–Crippen MR) is 76.7 cm³/mol. The normalized spacial score (nSPS) is 14.8. The van der Waals surface area contributed by atoms with Crippen molar-refractivity contribution in [3.05, 3.63) is 28.5 Å². The number of nitrogens with zero attached hydrogens (tertiary/aromatic N) is 2. The zero-order valence-corrected chi connectivity index (χ0v) is 12.9. The van der Waals surface area contributed by atoms with Crippen LogP contribution in [0.1, 0.15) is 39.8 Å². The summed E-state index contributed by atoms with van der Waals surface area (Å²) in [6, 6.07) is 3.75. The predicted octanol–water partition coefficient (Wildman–Crippen LogP) is 3.51. The molecule has 0 amide bonds. The fourth-order valence-corrected chi connectivity index (χ4v) is 2.12. The van der Waals surface area contributed by atoms with Crippen LogP contribution in [0.3, 0.4) is 0 Å². The largest absolute Gasteiger partial charge is 0.255 e. The van der Waals surface area contributed by atoms with Crippen LogP contribution < -0.4 is 0 Å². The summed E-state index contributed by atoms with van der Waals surface area (Å²) < 4.78 is 16.9.